The van der Waals surface area contributed by atoms with Crippen molar-refractivity contribution >= 4 is 22.7 Å². The predicted octanol–water partition coefficient (Wildman–Crippen LogP) is 4.70. The van der Waals surface area contributed by atoms with E-state index in [1.54, 1.807) is 25.1 Å². The fraction of sp³-hybridized carbons (Fsp3) is 0.304. The highest BCUT2D eigenvalue weighted by Crippen LogP contribution is 2.43. The summed E-state index contributed by atoms with van der Waals surface area (Å²) in [4.78, 5) is 18.0. The lowest BCUT2D eigenvalue weighted by Crippen LogP contribution is -2.51. The third kappa shape index (κ3) is 3.28. The van der Waals surface area contributed by atoms with Gasteiger partial charge in [-0.2, -0.15) is 0 Å². The minimum atomic E-state index is -0.805. The molecule has 1 fully saturated rings. The van der Waals surface area contributed by atoms with Crippen LogP contribution in [0.1, 0.15) is 30.9 Å². The number of benzene rings is 2. The number of rotatable bonds is 4. The van der Waals surface area contributed by atoms with Crippen LogP contribution in [0, 0.1) is 18.7 Å². The summed E-state index contributed by atoms with van der Waals surface area (Å²) in [6.45, 7) is 6.67. The van der Waals surface area contributed by atoms with E-state index in [1.165, 1.54) is 6.07 Å². The molecule has 1 aliphatic rings. The zero-order chi connectivity index (χ0) is 20.9. The Labute approximate surface area is 168 Å². The smallest absolute Gasteiger partial charge is 0.310 e. The average Bonchev–Trinajstić information content (AvgIpc) is 2.61. The number of halogens is 1. The number of nitrogens with zero attached hydrogens (tertiary/aromatic N) is 2. The lowest BCUT2D eigenvalue weighted by Gasteiger charge is -2.40. The van der Waals surface area contributed by atoms with Crippen molar-refractivity contribution in [2.24, 2.45) is 5.92 Å². The molecule has 0 amide bonds. The Morgan fingerprint density at radius 3 is 2.55 bits per heavy atom. The molecular formula is C23H23FN2O3. The molecule has 3 aromatic rings. The Kier molecular flexibility index (Phi) is 4.65. The van der Waals surface area contributed by atoms with Gasteiger partial charge < -0.3 is 15.1 Å². The van der Waals surface area contributed by atoms with Gasteiger partial charge >= 0.3 is 5.97 Å². The monoisotopic (exact) mass is 394 g/mol. The molecule has 0 spiro atoms. The number of aromatic hydroxyl groups is 1. The second-order valence-electron chi connectivity index (χ2n) is 7.98. The number of anilines is 1. The molecule has 150 valence electrons. The van der Waals surface area contributed by atoms with E-state index in [4.69, 9.17) is 4.98 Å². The van der Waals surface area contributed by atoms with Crippen LogP contribution in [0.15, 0.2) is 36.4 Å². The first-order valence-electron chi connectivity index (χ1n) is 9.67. The van der Waals surface area contributed by atoms with Crippen molar-refractivity contribution in [3.05, 3.63) is 53.3 Å². The lowest BCUT2D eigenvalue weighted by atomic mass is 9.87. The highest BCUT2D eigenvalue weighted by molar-refractivity contribution is 5.99. The van der Waals surface area contributed by atoms with Gasteiger partial charge in [-0.1, -0.05) is 19.9 Å². The minimum Gasteiger partial charge on any atom is -0.508 e. The lowest BCUT2D eigenvalue weighted by molar-refractivity contribution is -0.142. The highest BCUT2D eigenvalue weighted by atomic mass is 19.1. The first-order chi connectivity index (χ1) is 13.8. The minimum absolute atomic E-state index is 0.111. The molecule has 5 nitrogen and oxygen atoms in total. The van der Waals surface area contributed by atoms with Crippen molar-refractivity contribution in [2.75, 3.05) is 18.0 Å². The van der Waals surface area contributed by atoms with Crippen molar-refractivity contribution in [1.29, 1.82) is 0 Å². The molecule has 2 aromatic carbocycles. The summed E-state index contributed by atoms with van der Waals surface area (Å²) in [5.41, 5.74) is 4.00. The Morgan fingerprint density at radius 2 is 1.93 bits per heavy atom. The van der Waals surface area contributed by atoms with Crippen molar-refractivity contribution in [2.45, 2.75) is 26.7 Å². The zero-order valence-electron chi connectivity index (χ0n) is 16.6. The van der Waals surface area contributed by atoms with E-state index in [-0.39, 0.29) is 17.5 Å². The van der Waals surface area contributed by atoms with E-state index in [9.17, 15) is 19.4 Å². The van der Waals surface area contributed by atoms with Gasteiger partial charge in [0.1, 0.15) is 17.4 Å². The van der Waals surface area contributed by atoms with E-state index in [0.29, 0.717) is 24.2 Å². The number of carbonyl (C=O) groups is 1. The van der Waals surface area contributed by atoms with E-state index < -0.39 is 11.9 Å². The molecule has 0 atom stereocenters. The largest absolute Gasteiger partial charge is 0.508 e. The standard InChI is InChI=1S/C23H23FN2O3/c1-12(2)20-21(14-4-7-18(24)13(3)8-14)17-6-5-16(27)9-19(17)25-22(20)26-10-15(11-26)23(28)29/h4-9,12,15,27H,10-11H2,1-3H3,(H,28,29). The molecule has 2 N–H and O–H groups in total. The van der Waals surface area contributed by atoms with Gasteiger partial charge in [0.15, 0.2) is 0 Å². The van der Waals surface area contributed by atoms with Crippen LogP contribution < -0.4 is 4.90 Å². The fourth-order valence-electron chi connectivity index (χ4n) is 3.96. The number of fused-ring (bicyclic) bond motifs is 1. The van der Waals surface area contributed by atoms with Crippen LogP contribution in [-0.4, -0.2) is 34.3 Å². The molecule has 1 aliphatic heterocycles. The van der Waals surface area contributed by atoms with E-state index in [2.05, 4.69) is 13.8 Å². The van der Waals surface area contributed by atoms with E-state index in [0.717, 1.165) is 27.9 Å². The molecule has 0 aliphatic carbocycles. The highest BCUT2D eigenvalue weighted by Gasteiger charge is 2.36. The molecule has 6 heteroatoms. The Morgan fingerprint density at radius 1 is 1.21 bits per heavy atom. The summed E-state index contributed by atoms with van der Waals surface area (Å²) in [5, 5.41) is 20.1. The first-order valence-corrected chi connectivity index (χ1v) is 9.67. The number of aromatic nitrogens is 1. The van der Waals surface area contributed by atoms with Crippen LogP contribution in [0.5, 0.6) is 5.75 Å². The van der Waals surface area contributed by atoms with Crippen LogP contribution in [0.3, 0.4) is 0 Å². The number of phenols is 1. The topological polar surface area (TPSA) is 73.7 Å². The summed E-state index contributed by atoms with van der Waals surface area (Å²) in [5.74, 6) is -0.523. The maximum atomic E-state index is 13.9. The maximum absolute atomic E-state index is 13.9. The van der Waals surface area contributed by atoms with Gasteiger partial charge in [-0.15, -0.1) is 0 Å². The summed E-state index contributed by atoms with van der Waals surface area (Å²) >= 11 is 0. The van der Waals surface area contributed by atoms with Gasteiger partial charge in [0.25, 0.3) is 0 Å². The summed E-state index contributed by atoms with van der Waals surface area (Å²) < 4.78 is 13.9. The molecular weight excluding hydrogens is 371 g/mol. The fourth-order valence-corrected chi connectivity index (χ4v) is 3.96. The van der Waals surface area contributed by atoms with Gasteiger partial charge in [-0.25, -0.2) is 9.37 Å². The third-order valence-corrected chi connectivity index (χ3v) is 5.54. The molecule has 0 unspecified atom stereocenters. The molecule has 29 heavy (non-hydrogen) atoms. The Balaban J connectivity index is 1.99. The Bertz CT molecular complexity index is 1120. The quantitative estimate of drug-likeness (QED) is 0.671. The normalized spacial score (nSPS) is 14.4. The van der Waals surface area contributed by atoms with Crippen LogP contribution in [0.4, 0.5) is 10.2 Å². The molecule has 1 saturated heterocycles. The molecule has 0 bridgehead atoms. The van der Waals surface area contributed by atoms with Gasteiger partial charge in [0.05, 0.1) is 11.4 Å². The number of aliphatic carboxylic acids is 1. The van der Waals surface area contributed by atoms with Crippen molar-refractivity contribution in [3.63, 3.8) is 0 Å². The van der Waals surface area contributed by atoms with Crippen LogP contribution in [-0.2, 0) is 4.79 Å². The second kappa shape index (κ2) is 7.03. The second-order valence-corrected chi connectivity index (χ2v) is 7.98. The van der Waals surface area contributed by atoms with Crippen LogP contribution in [0.25, 0.3) is 22.0 Å². The molecule has 2 heterocycles. The summed E-state index contributed by atoms with van der Waals surface area (Å²) in [7, 11) is 0. The number of carboxylic acid groups (broad SMARTS) is 1. The molecule has 0 radical (unpaired) electrons. The Hall–Kier alpha value is -3.15. The van der Waals surface area contributed by atoms with Gasteiger partial charge in [0, 0.05) is 30.1 Å². The van der Waals surface area contributed by atoms with E-state index >= 15 is 0 Å². The number of hydrogen-bond acceptors (Lipinski definition) is 4. The number of aryl methyl sites for hydroxylation is 1. The van der Waals surface area contributed by atoms with Gasteiger partial charge in [-0.3, -0.25) is 4.79 Å². The summed E-state index contributed by atoms with van der Waals surface area (Å²) in [6, 6.07) is 10.1. The third-order valence-electron chi connectivity index (χ3n) is 5.54. The zero-order valence-corrected chi connectivity index (χ0v) is 16.6. The van der Waals surface area contributed by atoms with Gasteiger partial charge in [0.2, 0.25) is 0 Å². The SMILES string of the molecule is Cc1cc(-c2c(C(C)C)c(N3CC(C(=O)O)C3)nc3cc(O)ccc23)ccc1F. The number of hydrogen-bond donors (Lipinski definition) is 2. The average molecular weight is 394 g/mol. The van der Waals surface area contributed by atoms with Crippen LogP contribution in [0.2, 0.25) is 0 Å². The summed E-state index contributed by atoms with van der Waals surface area (Å²) in [6.07, 6.45) is 0. The van der Waals surface area contributed by atoms with Crippen molar-refractivity contribution in [1.82, 2.24) is 4.98 Å². The van der Waals surface area contributed by atoms with Crippen molar-refractivity contribution < 1.29 is 19.4 Å². The van der Waals surface area contributed by atoms with Gasteiger partial charge in [-0.05, 0) is 53.8 Å². The van der Waals surface area contributed by atoms with Crippen LogP contribution >= 0.6 is 0 Å². The molecule has 4 rings (SSSR count). The number of carboxylic acids is 1. The van der Waals surface area contributed by atoms with Crippen molar-refractivity contribution in [3.8, 4) is 16.9 Å². The number of pyridine rings is 1. The predicted molar refractivity (Wildman–Crippen MR) is 111 cm³/mol. The maximum Gasteiger partial charge on any atom is 0.310 e. The van der Waals surface area contributed by atoms with E-state index in [1.807, 2.05) is 17.0 Å². The number of phenolic OH excluding ortho intramolecular Hbond substituents is 1. The first kappa shape index (κ1) is 19.2. The molecule has 0 saturated carbocycles. The molecule has 1 aromatic heterocycles.